The third-order valence-corrected chi connectivity index (χ3v) is 8.92. The number of fused-ring (bicyclic) bond motifs is 1. The van der Waals surface area contributed by atoms with Crippen LogP contribution < -0.4 is 5.32 Å². The fourth-order valence-corrected chi connectivity index (χ4v) is 7.40. The number of Topliss-reactive ketones (excluding diaryl/α,β-unsaturated/α-hetero) is 2. The van der Waals surface area contributed by atoms with E-state index in [2.05, 4.69) is 21.2 Å². The van der Waals surface area contributed by atoms with Crippen LogP contribution in [0, 0.1) is 22.6 Å². The molecule has 1 N–H and O–H groups in total. The highest BCUT2D eigenvalue weighted by atomic mass is 79.9. The number of rotatable bonds is 5. The largest absolute Gasteiger partial charge is 0.468 e. The molecule has 38 heavy (non-hydrogen) atoms. The Morgan fingerprint density at radius 3 is 2.21 bits per heavy atom. The number of halogens is 2. The van der Waals surface area contributed by atoms with Crippen molar-refractivity contribution in [1.82, 2.24) is 5.32 Å². The second-order valence-electron chi connectivity index (χ2n) is 11.1. The van der Waals surface area contributed by atoms with Crippen LogP contribution in [0.5, 0.6) is 0 Å². The van der Waals surface area contributed by atoms with E-state index >= 15 is 0 Å². The summed E-state index contributed by atoms with van der Waals surface area (Å²) in [4.78, 5) is 42.1. The molecule has 0 bridgehead atoms. The van der Waals surface area contributed by atoms with Gasteiger partial charge in [-0.05, 0) is 57.1 Å². The van der Waals surface area contributed by atoms with Crippen molar-refractivity contribution in [2.75, 3.05) is 7.11 Å². The summed E-state index contributed by atoms with van der Waals surface area (Å²) < 4.78 is 19.6. The standard InChI is InChI=1S/C31H29BrFNO4/c1-29(2)17-24(35)31(26(36)20-12-10-19(11-13-20)18-8-6-5-7-9-18)25(21-14-15-23(33)22(32)16-21)34-30(3,27(29)31)28(37)38-4/h5-16,25,27,34H,17H2,1-4H3/t25-,27?,30-,31+/m0/s1. The van der Waals surface area contributed by atoms with Crippen molar-refractivity contribution in [3.63, 3.8) is 0 Å². The lowest BCUT2D eigenvalue weighted by atomic mass is 9.59. The Balaban J connectivity index is 1.71. The van der Waals surface area contributed by atoms with Gasteiger partial charge in [0.2, 0.25) is 0 Å². The van der Waals surface area contributed by atoms with Crippen molar-refractivity contribution in [3.05, 3.63) is 94.2 Å². The third kappa shape index (κ3) is 3.78. The molecule has 1 unspecified atom stereocenters. The molecular formula is C31H29BrFNO4. The summed E-state index contributed by atoms with van der Waals surface area (Å²) in [5.74, 6) is -2.32. The molecule has 1 saturated heterocycles. The first-order valence-electron chi connectivity index (χ1n) is 12.5. The number of carbonyl (C=O) groups is 3. The van der Waals surface area contributed by atoms with Gasteiger partial charge >= 0.3 is 5.97 Å². The number of ketones is 2. The van der Waals surface area contributed by atoms with Crippen molar-refractivity contribution >= 4 is 33.5 Å². The quantitative estimate of drug-likeness (QED) is 0.218. The molecule has 1 saturated carbocycles. The van der Waals surface area contributed by atoms with E-state index in [-0.39, 0.29) is 22.5 Å². The van der Waals surface area contributed by atoms with Crippen LogP contribution in [0.4, 0.5) is 4.39 Å². The molecule has 1 aliphatic heterocycles. The van der Waals surface area contributed by atoms with Gasteiger partial charge in [-0.15, -0.1) is 0 Å². The summed E-state index contributed by atoms with van der Waals surface area (Å²) in [6, 6.07) is 20.6. The van der Waals surface area contributed by atoms with Gasteiger partial charge in [-0.1, -0.05) is 74.5 Å². The minimum Gasteiger partial charge on any atom is -0.468 e. The van der Waals surface area contributed by atoms with Crippen molar-refractivity contribution < 1.29 is 23.5 Å². The number of hydrogen-bond acceptors (Lipinski definition) is 5. The maximum atomic E-state index is 14.6. The molecule has 3 aromatic carbocycles. The van der Waals surface area contributed by atoms with Crippen LogP contribution >= 0.6 is 15.9 Å². The summed E-state index contributed by atoms with van der Waals surface area (Å²) in [6.07, 6.45) is 0.124. The number of carbonyl (C=O) groups excluding carboxylic acids is 3. The van der Waals surface area contributed by atoms with Crippen LogP contribution in [0.25, 0.3) is 11.1 Å². The van der Waals surface area contributed by atoms with Gasteiger partial charge < -0.3 is 4.74 Å². The van der Waals surface area contributed by atoms with E-state index in [4.69, 9.17) is 4.74 Å². The molecular weight excluding hydrogens is 549 g/mol. The van der Waals surface area contributed by atoms with Gasteiger partial charge in [0.1, 0.15) is 22.6 Å². The number of nitrogens with one attached hydrogen (secondary N) is 1. The highest BCUT2D eigenvalue weighted by Gasteiger charge is 2.77. The molecule has 0 aromatic heterocycles. The molecule has 1 heterocycles. The van der Waals surface area contributed by atoms with Gasteiger partial charge in [-0.2, -0.15) is 0 Å². The Morgan fingerprint density at radius 1 is 0.974 bits per heavy atom. The zero-order valence-corrected chi connectivity index (χ0v) is 23.3. The smallest absolute Gasteiger partial charge is 0.326 e. The van der Waals surface area contributed by atoms with Crippen LogP contribution in [0.1, 0.15) is 49.2 Å². The van der Waals surface area contributed by atoms with E-state index in [0.717, 1.165) is 11.1 Å². The maximum Gasteiger partial charge on any atom is 0.326 e. The lowest BCUT2D eigenvalue weighted by Crippen LogP contribution is -2.55. The summed E-state index contributed by atoms with van der Waals surface area (Å²) in [7, 11) is 1.30. The summed E-state index contributed by atoms with van der Waals surface area (Å²) in [5.41, 5.74) is -0.765. The topological polar surface area (TPSA) is 72.5 Å². The van der Waals surface area contributed by atoms with Crippen LogP contribution in [0.15, 0.2) is 77.3 Å². The monoisotopic (exact) mass is 577 g/mol. The van der Waals surface area contributed by atoms with Crippen molar-refractivity contribution in [2.24, 2.45) is 16.7 Å². The SMILES string of the molecule is COC(=O)[C@@]1(C)N[C@@H](c2ccc(F)c(Br)c2)[C@@]2(C(=O)c3ccc(-c4ccccc4)cc3)C(=O)CC(C)(C)C21. The van der Waals surface area contributed by atoms with Crippen LogP contribution in [0.3, 0.4) is 0 Å². The maximum absolute atomic E-state index is 14.6. The Morgan fingerprint density at radius 2 is 1.61 bits per heavy atom. The van der Waals surface area contributed by atoms with E-state index in [1.54, 1.807) is 31.2 Å². The predicted octanol–water partition coefficient (Wildman–Crippen LogP) is 6.32. The van der Waals surface area contributed by atoms with E-state index in [1.165, 1.54) is 13.2 Å². The molecule has 2 aliphatic rings. The number of esters is 1. The zero-order chi connectivity index (χ0) is 27.5. The minimum atomic E-state index is -1.60. The highest BCUT2D eigenvalue weighted by Crippen LogP contribution is 2.66. The van der Waals surface area contributed by atoms with Crippen molar-refractivity contribution in [3.8, 4) is 11.1 Å². The number of hydrogen-bond donors (Lipinski definition) is 1. The molecule has 0 radical (unpaired) electrons. The fraction of sp³-hybridized carbons (Fsp3) is 0.323. The average molecular weight is 578 g/mol. The van der Waals surface area contributed by atoms with Crippen LogP contribution in [-0.4, -0.2) is 30.2 Å². The number of benzene rings is 3. The second kappa shape index (κ2) is 9.24. The molecule has 196 valence electrons. The van der Waals surface area contributed by atoms with Crippen molar-refractivity contribution in [1.29, 1.82) is 0 Å². The highest BCUT2D eigenvalue weighted by molar-refractivity contribution is 9.10. The number of methoxy groups -OCH3 is 1. The Kier molecular flexibility index (Phi) is 6.43. The lowest BCUT2D eigenvalue weighted by Gasteiger charge is -2.39. The molecule has 4 atom stereocenters. The van der Waals surface area contributed by atoms with E-state index in [1.807, 2.05) is 56.3 Å². The zero-order valence-electron chi connectivity index (χ0n) is 21.7. The van der Waals surface area contributed by atoms with Crippen LogP contribution in [-0.2, 0) is 14.3 Å². The van der Waals surface area contributed by atoms with Gasteiger partial charge in [0.15, 0.2) is 5.78 Å². The van der Waals surface area contributed by atoms with Crippen molar-refractivity contribution in [2.45, 2.75) is 38.8 Å². The summed E-state index contributed by atoms with van der Waals surface area (Å²) in [5, 5.41) is 3.34. The summed E-state index contributed by atoms with van der Waals surface area (Å²) in [6.45, 7) is 5.52. The first-order chi connectivity index (χ1) is 18.0. The molecule has 5 rings (SSSR count). The first-order valence-corrected chi connectivity index (χ1v) is 13.3. The lowest BCUT2D eigenvalue weighted by molar-refractivity contribution is -0.151. The Labute approximate surface area is 229 Å². The number of ether oxygens (including phenoxy) is 1. The first kappa shape index (κ1) is 26.4. The minimum absolute atomic E-state index is 0.124. The molecule has 3 aromatic rings. The van der Waals surface area contributed by atoms with Gasteiger partial charge in [0.25, 0.3) is 0 Å². The molecule has 2 fully saturated rings. The van der Waals surface area contributed by atoms with E-state index < -0.39 is 40.1 Å². The van der Waals surface area contributed by atoms with E-state index in [0.29, 0.717) is 11.1 Å². The average Bonchev–Trinajstić information content (AvgIpc) is 3.33. The summed E-state index contributed by atoms with van der Waals surface area (Å²) >= 11 is 3.24. The molecule has 0 amide bonds. The van der Waals surface area contributed by atoms with Gasteiger partial charge in [-0.25, -0.2) is 4.39 Å². The molecule has 5 nitrogen and oxygen atoms in total. The predicted molar refractivity (Wildman–Crippen MR) is 146 cm³/mol. The van der Waals surface area contributed by atoms with Gasteiger partial charge in [-0.3, -0.25) is 19.7 Å². The van der Waals surface area contributed by atoms with Gasteiger partial charge in [0, 0.05) is 17.9 Å². The molecule has 1 aliphatic carbocycles. The molecule has 7 heteroatoms. The van der Waals surface area contributed by atoms with Gasteiger partial charge in [0.05, 0.1) is 17.6 Å². The second-order valence-corrected chi connectivity index (χ2v) is 12.0. The normalized spacial score (nSPS) is 27.7. The third-order valence-electron chi connectivity index (χ3n) is 8.31. The molecule has 0 spiro atoms. The fourth-order valence-electron chi connectivity index (χ4n) is 7.00. The Hall–Kier alpha value is -3.16. The van der Waals surface area contributed by atoms with E-state index in [9.17, 15) is 18.8 Å². The van der Waals surface area contributed by atoms with Crippen LogP contribution in [0.2, 0.25) is 0 Å². The Bertz CT molecular complexity index is 1440.